The third-order valence-corrected chi connectivity index (χ3v) is 1.85. The molecule has 11 heteroatoms. The van der Waals surface area contributed by atoms with Gasteiger partial charge in [0.2, 0.25) is 11.2 Å². The van der Waals surface area contributed by atoms with Crippen LogP contribution in [0.5, 0.6) is 0 Å². The topological polar surface area (TPSA) is 26.3 Å². The van der Waals surface area contributed by atoms with Crippen molar-refractivity contribution in [1.82, 2.24) is 0 Å². The Balaban J connectivity index is 5.42. The lowest BCUT2D eigenvalue weighted by atomic mass is 10.1. The van der Waals surface area contributed by atoms with E-state index in [1.807, 2.05) is 0 Å². The highest BCUT2D eigenvalue weighted by Gasteiger charge is 2.57. The van der Waals surface area contributed by atoms with Gasteiger partial charge < -0.3 is 4.74 Å². The number of carbonyl (C=O) groups is 1. The molecule has 0 spiro atoms. The smallest absolute Gasteiger partial charge is 0.430 e. The van der Waals surface area contributed by atoms with Crippen molar-refractivity contribution in [1.29, 1.82) is 0 Å². The van der Waals surface area contributed by atoms with Crippen LogP contribution >= 0.6 is 0 Å². The Hall–Kier alpha value is -1.42. The maximum Gasteiger partial charge on any atom is 0.430 e. The second-order valence-corrected chi connectivity index (χ2v) is 3.38. The van der Waals surface area contributed by atoms with Crippen LogP contribution in [0.3, 0.4) is 0 Å². The lowest BCUT2D eigenvalue weighted by Gasteiger charge is -2.29. The van der Waals surface area contributed by atoms with Crippen LogP contribution in [-0.4, -0.2) is 30.6 Å². The number of halogens is 9. The monoisotopic (exact) mass is 304 g/mol. The molecule has 0 saturated heterocycles. The van der Waals surface area contributed by atoms with Crippen LogP contribution in [0, 0.1) is 0 Å². The highest BCUT2D eigenvalue weighted by molar-refractivity contribution is 5.90. The van der Waals surface area contributed by atoms with Crippen molar-refractivity contribution in [3.63, 3.8) is 0 Å². The maximum absolute atomic E-state index is 12.2. The fourth-order valence-electron chi connectivity index (χ4n) is 0.717. The number of ether oxygens (including phenoxy) is 1. The van der Waals surface area contributed by atoms with E-state index in [0.717, 1.165) is 0 Å². The van der Waals surface area contributed by atoms with E-state index in [9.17, 15) is 44.3 Å². The SMILES string of the molecule is CC(CF)(OC(=O)C(=C(F)F)C(F)(F)F)C(F)(F)F. The van der Waals surface area contributed by atoms with Crippen molar-refractivity contribution in [2.24, 2.45) is 0 Å². The number of alkyl halides is 7. The molecule has 0 aromatic carbocycles. The number of rotatable bonds is 3. The van der Waals surface area contributed by atoms with Crippen LogP contribution in [0.25, 0.3) is 0 Å². The molecule has 0 bridgehead atoms. The van der Waals surface area contributed by atoms with Crippen LogP contribution in [0.15, 0.2) is 11.7 Å². The molecule has 0 aliphatic heterocycles. The Bertz CT molecular complexity index is 377. The normalized spacial score (nSPS) is 15.7. The minimum absolute atomic E-state index is 0.0883. The minimum atomic E-state index is -5.93. The third kappa shape index (κ3) is 4.03. The summed E-state index contributed by atoms with van der Waals surface area (Å²) in [6, 6.07) is 0. The summed E-state index contributed by atoms with van der Waals surface area (Å²) in [5, 5.41) is 0. The Morgan fingerprint density at radius 2 is 1.47 bits per heavy atom. The van der Waals surface area contributed by atoms with Gasteiger partial charge in [0.15, 0.2) is 0 Å². The maximum atomic E-state index is 12.2. The Morgan fingerprint density at radius 3 is 1.68 bits per heavy atom. The summed E-state index contributed by atoms with van der Waals surface area (Å²) in [7, 11) is 0. The second-order valence-electron chi connectivity index (χ2n) is 3.38. The van der Waals surface area contributed by atoms with Gasteiger partial charge >= 0.3 is 18.3 Å². The van der Waals surface area contributed by atoms with Crippen LogP contribution in [0.4, 0.5) is 39.5 Å². The van der Waals surface area contributed by atoms with Gasteiger partial charge in [-0.05, 0) is 6.92 Å². The zero-order chi connectivity index (χ0) is 15.6. The van der Waals surface area contributed by atoms with Crippen LogP contribution in [0.2, 0.25) is 0 Å². The van der Waals surface area contributed by atoms with E-state index in [1.165, 1.54) is 0 Å². The first-order valence-corrected chi connectivity index (χ1v) is 4.25. The molecule has 0 N–H and O–H groups in total. The fraction of sp³-hybridized carbons (Fsp3) is 0.625. The molecule has 0 aliphatic rings. The number of carbonyl (C=O) groups excluding carboxylic acids is 1. The highest BCUT2D eigenvalue weighted by Crippen LogP contribution is 2.37. The summed E-state index contributed by atoms with van der Waals surface area (Å²) in [5.74, 6) is -3.01. The van der Waals surface area contributed by atoms with E-state index < -0.39 is 42.3 Å². The van der Waals surface area contributed by atoms with Gasteiger partial charge in [-0.2, -0.15) is 35.1 Å². The average molecular weight is 304 g/mol. The molecule has 19 heavy (non-hydrogen) atoms. The molecule has 2 nitrogen and oxygen atoms in total. The number of esters is 1. The minimum Gasteiger partial charge on any atom is -0.443 e. The molecule has 0 heterocycles. The Morgan fingerprint density at radius 1 is 1.05 bits per heavy atom. The van der Waals surface area contributed by atoms with E-state index in [4.69, 9.17) is 0 Å². The summed E-state index contributed by atoms with van der Waals surface area (Å²) in [5.41, 5.74) is -7.16. The van der Waals surface area contributed by atoms with Crippen molar-refractivity contribution in [2.45, 2.75) is 24.9 Å². The molecule has 0 aromatic rings. The quantitative estimate of drug-likeness (QED) is 0.453. The second kappa shape index (κ2) is 5.29. The third-order valence-electron chi connectivity index (χ3n) is 1.85. The van der Waals surface area contributed by atoms with Crippen molar-refractivity contribution in [3.8, 4) is 0 Å². The van der Waals surface area contributed by atoms with Crippen LogP contribution < -0.4 is 0 Å². The number of hydrogen-bond donors (Lipinski definition) is 0. The largest absolute Gasteiger partial charge is 0.443 e. The molecule has 0 saturated carbocycles. The van der Waals surface area contributed by atoms with Gasteiger partial charge in [0.25, 0.3) is 6.08 Å². The molecule has 1 unspecified atom stereocenters. The van der Waals surface area contributed by atoms with Gasteiger partial charge in [-0.1, -0.05) is 0 Å². The first-order valence-electron chi connectivity index (χ1n) is 4.25. The van der Waals surface area contributed by atoms with Gasteiger partial charge in [-0.15, -0.1) is 0 Å². The molecule has 112 valence electrons. The van der Waals surface area contributed by atoms with Gasteiger partial charge in [-0.3, -0.25) is 0 Å². The van der Waals surface area contributed by atoms with E-state index >= 15 is 0 Å². The van der Waals surface area contributed by atoms with E-state index in [2.05, 4.69) is 4.74 Å². The molecule has 0 amide bonds. The predicted octanol–water partition coefficient (Wildman–Crippen LogP) is 3.53. The van der Waals surface area contributed by atoms with Crippen molar-refractivity contribution in [3.05, 3.63) is 11.7 Å². The molecule has 0 rings (SSSR count). The molecule has 0 aromatic heterocycles. The first-order chi connectivity index (χ1) is 8.26. The van der Waals surface area contributed by atoms with Gasteiger partial charge in [0.1, 0.15) is 6.67 Å². The van der Waals surface area contributed by atoms with Gasteiger partial charge in [-0.25, -0.2) is 9.18 Å². The van der Waals surface area contributed by atoms with Crippen molar-refractivity contribution >= 4 is 5.97 Å². The molecule has 0 aliphatic carbocycles. The van der Waals surface area contributed by atoms with Crippen molar-refractivity contribution < 1.29 is 49.0 Å². The Labute approximate surface area is 99.4 Å². The lowest BCUT2D eigenvalue weighted by Crippen LogP contribution is -2.49. The molecule has 1 atom stereocenters. The summed E-state index contributed by atoms with van der Waals surface area (Å²) < 4.78 is 112. The summed E-state index contributed by atoms with van der Waals surface area (Å²) in [4.78, 5) is 10.7. The van der Waals surface area contributed by atoms with Crippen molar-refractivity contribution in [2.75, 3.05) is 6.67 Å². The van der Waals surface area contributed by atoms with E-state index in [1.54, 1.807) is 0 Å². The van der Waals surface area contributed by atoms with Crippen LogP contribution in [0.1, 0.15) is 6.92 Å². The summed E-state index contributed by atoms with van der Waals surface area (Å²) >= 11 is 0. The fourth-order valence-corrected chi connectivity index (χ4v) is 0.717. The molecule has 0 fully saturated rings. The van der Waals surface area contributed by atoms with Gasteiger partial charge in [0.05, 0.1) is 0 Å². The lowest BCUT2D eigenvalue weighted by molar-refractivity contribution is -0.267. The zero-order valence-corrected chi connectivity index (χ0v) is 8.93. The standard InChI is InChI=1S/C8H5F9O2/c1-6(2-9,8(15,16)17)19-5(18)3(4(10)11)7(12,13)14/h2H2,1H3. The first kappa shape index (κ1) is 17.6. The Kier molecular flexibility index (Phi) is 4.90. The summed E-state index contributed by atoms with van der Waals surface area (Å²) in [6.07, 6.45) is -15.1. The van der Waals surface area contributed by atoms with E-state index in [-0.39, 0.29) is 6.92 Å². The molecule has 0 radical (unpaired) electrons. The highest BCUT2D eigenvalue weighted by atomic mass is 19.4. The van der Waals surface area contributed by atoms with E-state index in [0.29, 0.717) is 0 Å². The molecular formula is C8H5F9O2. The van der Waals surface area contributed by atoms with Crippen LogP contribution in [-0.2, 0) is 9.53 Å². The zero-order valence-electron chi connectivity index (χ0n) is 8.93. The molecular weight excluding hydrogens is 299 g/mol. The number of hydrogen-bond acceptors (Lipinski definition) is 2. The van der Waals surface area contributed by atoms with Gasteiger partial charge in [0, 0.05) is 0 Å². The predicted molar refractivity (Wildman–Crippen MR) is 41.8 cm³/mol. The summed E-state index contributed by atoms with van der Waals surface area (Å²) in [6.45, 7) is -2.52. The average Bonchev–Trinajstić information content (AvgIpc) is 2.12.